The average molecular weight is 512 g/mol. The van der Waals surface area contributed by atoms with Crippen molar-refractivity contribution in [3.05, 3.63) is 101 Å². The first-order valence-corrected chi connectivity index (χ1v) is 13.3. The Bertz CT molecular complexity index is 1320. The summed E-state index contributed by atoms with van der Waals surface area (Å²) in [6.07, 6.45) is 1.19. The van der Waals surface area contributed by atoms with Gasteiger partial charge in [0, 0.05) is 25.6 Å². The van der Waals surface area contributed by atoms with Gasteiger partial charge in [-0.25, -0.2) is 12.8 Å². The van der Waals surface area contributed by atoms with E-state index >= 15 is 0 Å². The van der Waals surface area contributed by atoms with E-state index in [1.807, 2.05) is 43.3 Å². The molecule has 0 spiro atoms. The number of anilines is 1. The number of carbonyl (C=O) groups excluding carboxylic acids is 2. The van der Waals surface area contributed by atoms with Crippen molar-refractivity contribution in [3.63, 3.8) is 0 Å². The molecule has 1 atom stereocenters. The molecule has 1 unspecified atom stereocenters. The van der Waals surface area contributed by atoms with Crippen LogP contribution in [0.3, 0.4) is 0 Å². The molecule has 0 aromatic heterocycles. The number of nitrogens with one attached hydrogen (secondary N) is 1. The number of sulfonamides is 1. The maximum absolute atomic E-state index is 14.6. The van der Waals surface area contributed by atoms with E-state index in [0.717, 1.165) is 21.7 Å². The Kier molecular flexibility index (Phi) is 8.82. The zero-order chi connectivity index (χ0) is 26.3. The van der Waals surface area contributed by atoms with Crippen molar-refractivity contribution in [3.8, 4) is 0 Å². The fourth-order valence-corrected chi connectivity index (χ4v) is 4.77. The number of aryl methyl sites for hydroxylation is 1. The van der Waals surface area contributed by atoms with Crippen molar-refractivity contribution in [2.75, 3.05) is 24.2 Å². The van der Waals surface area contributed by atoms with E-state index in [9.17, 15) is 22.4 Å². The third-order valence-electron chi connectivity index (χ3n) is 5.78. The standard InChI is InChI=1S/C27H30FN3O4S/c1-20-10-9-14-23(16-20)31(36(3,34)35)19-26(32)30(18-22-13-7-8-15-24(22)28)25(27(33)29-2)17-21-11-5-4-6-12-21/h4-16,25H,17-19H2,1-3H3,(H,29,33). The van der Waals surface area contributed by atoms with Gasteiger partial charge in [-0.3, -0.25) is 13.9 Å². The molecular weight excluding hydrogens is 481 g/mol. The van der Waals surface area contributed by atoms with Crippen molar-refractivity contribution < 1.29 is 22.4 Å². The molecule has 0 fully saturated rings. The summed E-state index contributed by atoms with van der Waals surface area (Å²) >= 11 is 0. The molecule has 2 amide bonds. The first-order valence-electron chi connectivity index (χ1n) is 11.4. The van der Waals surface area contributed by atoms with Crippen molar-refractivity contribution in [1.29, 1.82) is 0 Å². The van der Waals surface area contributed by atoms with Gasteiger partial charge in [0.25, 0.3) is 0 Å². The molecule has 3 aromatic rings. The quantitative estimate of drug-likeness (QED) is 0.453. The second-order valence-electron chi connectivity index (χ2n) is 8.54. The predicted octanol–water partition coefficient (Wildman–Crippen LogP) is 3.29. The van der Waals surface area contributed by atoms with Crippen LogP contribution < -0.4 is 9.62 Å². The summed E-state index contributed by atoms with van der Waals surface area (Å²) in [7, 11) is -2.38. The first-order chi connectivity index (χ1) is 17.1. The molecule has 190 valence electrons. The molecular formula is C27H30FN3O4S. The smallest absolute Gasteiger partial charge is 0.244 e. The molecule has 0 radical (unpaired) electrons. The summed E-state index contributed by atoms with van der Waals surface area (Å²) in [6.45, 7) is 1.07. The fourth-order valence-electron chi connectivity index (χ4n) is 3.93. The number of amides is 2. The van der Waals surface area contributed by atoms with Crippen LogP contribution in [0, 0.1) is 12.7 Å². The van der Waals surface area contributed by atoms with Gasteiger partial charge in [-0.05, 0) is 36.2 Å². The highest BCUT2D eigenvalue weighted by Crippen LogP contribution is 2.21. The lowest BCUT2D eigenvalue weighted by Crippen LogP contribution is -2.53. The maximum atomic E-state index is 14.6. The van der Waals surface area contributed by atoms with Gasteiger partial charge in [0.2, 0.25) is 21.8 Å². The number of carbonyl (C=O) groups is 2. The van der Waals surface area contributed by atoms with Crippen LogP contribution in [0.25, 0.3) is 0 Å². The predicted molar refractivity (Wildman–Crippen MR) is 138 cm³/mol. The summed E-state index contributed by atoms with van der Waals surface area (Å²) in [6, 6.07) is 20.9. The van der Waals surface area contributed by atoms with E-state index in [0.29, 0.717) is 5.69 Å². The fraction of sp³-hybridized carbons (Fsp3) is 0.259. The third kappa shape index (κ3) is 6.91. The number of halogens is 1. The molecule has 0 heterocycles. The van der Waals surface area contributed by atoms with E-state index in [4.69, 9.17) is 0 Å². The molecule has 0 aliphatic rings. The second kappa shape index (κ2) is 11.8. The number of hydrogen-bond acceptors (Lipinski definition) is 4. The first kappa shape index (κ1) is 26.9. The van der Waals surface area contributed by atoms with Crippen LogP contribution in [-0.2, 0) is 32.6 Å². The molecule has 0 bridgehead atoms. The van der Waals surface area contributed by atoms with E-state index in [2.05, 4.69) is 5.32 Å². The van der Waals surface area contributed by atoms with Crippen molar-refractivity contribution >= 4 is 27.5 Å². The van der Waals surface area contributed by atoms with Gasteiger partial charge in [0.15, 0.2) is 0 Å². The molecule has 1 N–H and O–H groups in total. The minimum absolute atomic E-state index is 0.171. The Morgan fingerprint density at radius 1 is 0.972 bits per heavy atom. The molecule has 0 saturated carbocycles. The Hall–Kier alpha value is -3.72. The Morgan fingerprint density at radius 2 is 1.64 bits per heavy atom. The van der Waals surface area contributed by atoms with Gasteiger partial charge < -0.3 is 10.2 Å². The van der Waals surface area contributed by atoms with Crippen molar-refractivity contribution in [2.45, 2.75) is 25.9 Å². The van der Waals surface area contributed by atoms with Gasteiger partial charge in [0.05, 0.1) is 11.9 Å². The van der Waals surface area contributed by atoms with Gasteiger partial charge in [0.1, 0.15) is 18.4 Å². The number of hydrogen-bond donors (Lipinski definition) is 1. The molecule has 36 heavy (non-hydrogen) atoms. The van der Waals surface area contributed by atoms with Crippen LogP contribution in [0.1, 0.15) is 16.7 Å². The summed E-state index contributed by atoms with van der Waals surface area (Å²) in [5, 5.41) is 2.59. The van der Waals surface area contributed by atoms with Crippen LogP contribution in [0.4, 0.5) is 10.1 Å². The highest BCUT2D eigenvalue weighted by Gasteiger charge is 2.33. The van der Waals surface area contributed by atoms with E-state index in [1.54, 1.807) is 24.3 Å². The molecule has 3 rings (SSSR count). The zero-order valence-corrected chi connectivity index (χ0v) is 21.3. The summed E-state index contributed by atoms with van der Waals surface area (Å²) in [5.41, 5.74) is 2.17. The van der Waals surface area contributed by atoms with Gasteiger partial charge in [-0.2, -0.15) is 0 Å². The maximum Gasteiger partial charge on any atom is 0.244 e. The molecule has 0 aliphatic heterocycles. The van der Waals surface area contributed by atoms with Crippen molar-refractivity contribution in [2.24, 2.45) is 0 Å². The molecule has 3 aromatic carbocycles. The van der Waals surface area contributed by atoms with E-state index in [1.165, 1.54) is 30.1 Å². The largest absolute Gasteiger partial charge is 0.357 e. The topological polar surface area (TPSA) is 86.8 Å². The molecule has 7 nitrogen and oxygen atoms in total. The van der Waals surface area contributed by atoms with E-state index in [-0.39, 0.29) is 18.5 Å². The van der Waals surface area contributed by atoms with Crippen LogP contribution in [0.2, 0.25) is 0 Å². The zero-order valence-electron chi connectivity index (χ0n) is 20.5. The lowest BCUT2D eigenvalue weighted by molar-refractivity contribution is -0.139. The minimum Gasteiger partial charge on any atom is -0.357 e. The Labute approximate surface area is 211 Å². The minimum atomic E-state index is -3.84. The lowest BCUT2D eigenvalue weighted by Gasteiger charge is -2.33. The van der Waals surface area contributed by atoms with Gasteiger partial charge in [-0.1, -0.05) is 60.7 Å². The normalized spacial score (nSPS) is 12.0. The lowest BCUT2D eigenvalue weighted by atomic mass is 10.0. The van der Waals surface area contributed by atoms with Crippen molar-refractivity contribution in [1.82, 2.24) is 10.2 Å². The average Bonchev–Trinajstić information content (AvgIpc) is 2.85. The summed E-state index contributed by atoms with van der Waals surface area (Å²) in [5.74, 6) is -1.59. The molecule has 0 aliphatic carbocycles. The van der Waals surface area contributed by atoms with Crippen LogP contribution in [0.15, 0.2) is 78.9 Å². The second-order valence-corrected chi connectivity index (χ2v) is 10.4. The van der Waals surface area contributed by atoms with Gasteiger partial charge in [-0.15, -0.1) is 0 Å². The van der Waals surface area contributed by atoms with Crippen LogP contribution >= 0.6 is 0 Å². The summed E-state index contributed by atoms with van der Waals surface area (Å²) in [4.78, 5) is 28.0. The number of rotatable bonds is 10. The highest BCUT2D eigenvalue weighted by molar-refractivity contribution is 7.92. The monoisotopic (exact) mass is 511 g/mol. The highest BCUT2D eigenvalue weighted by atomic mass is 32.2. The van der Waals surface area contributed by atoms with Crippen LogP contribution in [-0.4, -0.2) is 51.0 Å². The molecule has 9 heteroatoms. The number of likely N-dealkylation sites (N-methyl/N-ethyl adjacent to an activating group) is 1. The van der Waals surface area contributed by atoms with Gasteiger partial charge >= 0.3 is 0 Å². The van der Waals surface area contributed by atoms with Crippen LogP contribution in [0.5, 0.6) is 0 Å². The number of benzene rings is 3. The Morgan fingerprint density at radius 3 is 2.25 bits per heavy atom. The number of nitrogens with zero attached hydrogens (tertiary/aromatic N) is 2. The van der Waals surface area contributed by atoms with E-state index < -0.39 is 40.2 Å². The summed E-state index contributed by atoms with van der Waals surface area (Å²) < 4.78 is 41.0. The Balaban J connectivity index is 2.04. The SMILES string of the molecule is CNC(=O)C(Cc1ccccc1)N(Cc1ccccc1F)C(=O)CN(c1cccc(C)c1)S(C)(=O)=O. The third-order valence-corrected chi connectivity index (χ3v) is 6.93. The molecule has 0 saturated heterocycles.